The normalized spacial score (nSPS) is 14.2. The fourth-order valence-corrected chi connectivity index (χ4v) is 5.92. The number of carbonyl (C=O) groups excluding carboxylic acids is 1. The zero-order valence-electron chi connectivity index (χ0n) is 28.4. The van der Waals surface area contributed by atoms with Crippen molar-refractivity contribution in [3.63, 3.8) is 0 Å². The predicted octanol–water partition coefficient (Wildman–Crippen LogP) is 6.99. The molecule has 5 aromatic rings. The summed E-state index contributed by atoms with van der Waals surface area (Å²) in [5.41, 5.74) is 3.21. The Kier molecular flexibility index (Phi) is 10.4. The average Bonchev–Trinajstić information content (AvgIpc) is 3.72. The zero-order valence-corrected chi connectivity index (χ0v) is 28.4. The minimum absolute atomic E-state index is 0.0638. The second-order valence-corrected chi connectivity index (χ2v) is 12.4. The standard InChI is InChI=1S/C34H28F7N7O2.C2H6/c1-32(2,50)9-7-21-4-5-22(18-3-6-25-24(14-18)31(42)46-45-25)28(43-21)26(13-17-11-19(35)15-20(36)12-17)44-27(49)16-48-30-23(8-10-33(30,37)38)29(47-48)34(39,40)41;1-2/h3-6,11-12,14-15,26,50H,8,10,13,16H2,1-2H3,(H,44,49)(H3,42,45,46);1-2H3/t26-;/m0./s1. The van der Waals surface area contributed by atoms with Gasteiger partial charge in [-0.2, -0.15) is 32.1 Å². The predicted molar refractivity (Wildman–Crippen MR) is 179 cm³/mol. The SMILES string of the molecule is CC.CC(C)(O)C#Cc1ccc(-c2ccc3[nH]nc(N)c3c2)c([C@H](Cc2cc(F)cc(F)c2)NC(=O)Cn2nc(C(F)(F)F)c3c2C(F)(F)CC3)n1. The number of halogens is 7. The van der Waals surface area contributed by atoms with Crippen LogP contribution in [-0.2, 0) is 36.3 Å². The summed E-state index contributed by atoms with van der Waals surface area (Å²) in [6.45, 7) is 5.86. The van der Waals surface area contributed by atoms with E-state index in [1.165, 1.54) is 19.9 Å². The van der Waals surface area contributed by atoms with Gasteiger partial charge in [-0.15, -0.1) is 0 Å². The van der Waals surface area contributed by atoms with Gasteiger partial charge in [-0.1, -0.05) is 25.8 Å². The molecule has 9 nitrogen and oxygen atoms in total. The van der Waals surface area contributed by atoms with E-state index >= 15 is 0 Å². The van der Waals surface area contributed by atoms with Crippen molar-refractivity contribution in [1.82, 2.24) is 30.3 Å². The van der Waals surface area contributed by atoms with Gasteiger partial charge in [-0.05, 0) is 80.1 Å². The highest BCUT2D eigenvalue weighted by molar-refractivity contribution is 5.92. The van der Waals surface area contributed by atoms with Gasteiger partial charge in [0, 0.05) is 29.0 Å². The molecule has 1 aliphatic carbocycles. The lowest BCUT2D eigenvalue weighted by Crippen LogP contribution is -2.35. The second-order valence-electron chi connectivity index (χ2n) is 12.4. The summed E-state index contributed by atoms with van der Waals surface area (Å²) >= 11 is 0. The Hall–Kier alpha value is -5.43. The number of aromatic amines is 1. The van der Waals surface area contributed by atoms with Crippen molar-refractivity contribution in [2.45, 2.75) is 77.2 Å². The van der Waals surface area contributed by atoms with E-state index in [-0.39, 0.29) is 29.2 Å². The van der Waals surface area contributed by atoms with E-state index in [0.29, 0.717) is 32.8 Å². The molecular weight excluding hydrogens is 695 g/mol. The lowest BCUT2D eigenvalue weighted by atomic mass is 9.94. The minimum atomic E-state index is -5.04. The van der Waals surface area contributed by atoms with Gasteiger partial charge in [-0.25, -0.2) is 13.8 Å². The third-order valence-corrected chi connectivity index (χ3v) is 8.00. The van der Waals surface area contributed by atoms with Crippen LogP contribution < -0.4 is 11.1 Å². The number of alkyl halides is 5. The Labute approximate surface area is 293 Å². The molecule has 0 saturated carbocycles. The van der Waals surface area contributed by atoms with E-state index in [9.17, 15) is 40.6 Å². The maximum atomic E-state index is 14.8. The molecule has 3 heterocycles. The van der Waals surface area contributed by atoms with Crippen LogP contribution in [0.2, 0.25) is 0 Å². The molecule has 16 heteroatoms. The van der Waals surface area contributed by atoms with Crippen molar-refractivity contribution in [3.8, 4) is 23.0 Å². The Morgan fingerprint density at radius 2 is 1.79 bits per heavy atom. The molecule has 274 valence electrons. The number of benzene rings is 2. The van der Waals surface area contributed by atoms with Gasteiger partial charge in [0.1, 0.15) is 35.2 Å². The van der Waals surface area contributed by atoms with Gasteiger partial charge >= 0.3 is 6.18 Å². The molecule has 0 unspecified atom stereocenters. The molecule has 1 aliphatic rings. The number of amides is 1. The van der Waals surface area contributed by atoms with E-state index in [2.05, 4.69) is 37.4 Å². The fraction of sp³-hybridized carbons (Fsp3) is 0.333. The topological polar surface area (TPSA) is 135 Å². The molecule has 0 radical (unpaired) electrons. The molecule has 0 bridgehead atoms. The molecule has 52 heavy (non-hydrogen) atoms. The van der Waals surface area contributed by atoms with Crippen molar-refractivity contribution in [1.29, 1.82) is 0 Å². The average molecular weight is 730 g/mol. The molecule has 1 atom stereocenters. The van der Waals surface area contributed by atoms with Gasteiger partial charge in [0.15, 0.2) is 11.5 Å². The molecule has 0 aliphatic heterocycles. The van der Waals surface area contributed by atoms with Gasteiger partial charge < -0.3 is 16.2 Å². The number of rotatable bonds is 7. The molecule has 1 amide bonds. The number of hydrogen-bond acceptors (Lipinski definition) is 6. The van der Waals surface area contributed by atoms with E-state index in [0.717, 1.165) is 12.1 Å². The van der Waals surface area contributed by atoms with Crippen LogP contribution in [0.4, 0.5) is 36.6 Å². The maximum Gasteiger partial charge on any atom is 0.435 e. The number of carbonyl (C=O) groups is 1. The summed E-state index contributed by atoms with van der Waals surface area (Å²) in [7, 11) is 0. The highest BCUT2D eigenvalue weighted by atomic mass is 19.4. The number of fused-ring (bicyclic) bond motifs is 2. The molecular formula is C36H34F7N7O2. The van der Waals surface area contributed by atoms with Crippen molar-refractivity contribution in [2.75, 3.05) is 5.73 Å². The van der Waals surface area contributed by atoms with Crippen LogP contribution in [-0.4, -0.2) is 41.6 Å². The van der Waals surface area contributed by atoms with Crippen LogP contribution in [0.1, 0.15) is 74.1 Å². The van der Waals surface area contributed by atoms with Crippen molar-refractivity contribution in [3.05, 3.63) is 94.1 Å². The largest absolute Gasteiger partial charge is 0.435 e. The van der Waals surface area contributed by atoms with E-state index in [4.69, 9.17) is 5.73 Å². The van der Waals surface area contributed by atoms with Crippen LogP contribution in [0.5, 0.6) is 0 Å². The molecule has 5 N–H and O–H groups in total. The number of H-pyrrole nitrogens is 1. The first kappa shape index (κ1) is 37.8. The lowest BCUT2D eigenvalue weighted by Gasteiger charge is -2.23. The van der Waals surface area contributed by atoms with Crippen LogP contribution in [0.3, 0.4) is 0 Å². The first-order valence-electron chi connectivity index (χ1n) is 16.2. The van der Waals surface area contributed by atoms with Gasteiger partial charge in [0.2, 0.25) is 5.91 Å². The van der Waals surface area contributed by atoms with E-state index < -0.39 is 77.6 Å². The summed E-state index contributed by atoms with van der Waals surface area (Å²) in [4.78, 5) is 18.2. The second kappa shape index (κ2) is 14.3. The monoisotopic (exact) mass is 729 g/mol. The summed E-state index contributed by atoms with van der Waals surface area (Å²) in [5.74, 6) is -0.987. The summed E-state index contributed by atoms with van der Waals surface area (Å²) in [5, 5.41) is 23.5. The Morgan fingerprint density at radius 1 is 1.10 bits per heavy atom. The first-order valence-corrected chi connectivity index (χ1v) is 16.2. The number of anilines is 1. The lowest BCUT2D eigenvalue weighted by molar-refractivity contribution is -0.142. The highest BCUT2D eigenvalue weighted by Crippen LogP contribution is 2.46. The van der Waals surface area contributed by atoms with Crippen LogP contribution in [0, 0.1) is 23.5 Å². The highest BCUT2D eigenvalue weighted by Gasteiger charge is 2.50. The molecule has 0 spiro atoms. The van der Waals surface area contributed by atoms with Crippen molar-refractivity contribution in [2.24, 2.45) is 0 Å². The quantitative estimate of drug-likeness (QED) is 0.105. The van der Waals surface area contributed by atoms with Gasteiger partial charge in [0.05, 0.1) is 17.3 Å². The number of nitrogens with two attached hydrogens (primary N) is 1. The smallest absolute Gasteiger partial charge is 0.382 e. The maximum absolute atomic E-state index is 14.8. The van der Waals surface area contributed by atoms with Gasteiger partial charge in [0.25, 0.3) is 5.92 Å². The van der Waals surface area contributed by atoms with Crippen LogP contribution in [0.25, 0.3) is 22.0 Å². The number of hydrogen-bond donors (Lipinski definition) is 4. The Balaban J connectivity index is 0.00000257. The first-order chi connectivity index (χ1) is 24.4. The van der Waals surface area contributed by atoms with Crippen LogP contribution >= 0.6 is 0 Å². The number of pyridine rings is 1. The van der Waals surface area contributed by atoms with E-state index in [1.807, 2.05) is 13.8 Å². The van der Waals surface area contributed by atoms with Crippen molar-refractivity contribution < 1.29 is 40.6 Å². The Bertz CT molecular complexity index is 2170. The zero-order chi connectivity index (χ0) is 38.2. The third-order valence-electron chi connectivity index (χ3n) is 8.00. The van der Waals surface area contributed by atoms with Gasteiger partial charge in [-0.3, -0.25) is 14.6 Å². The number of aliphatic hydroxyl groups is 1. The Morgan fingerprint density at radius 3 is 2.44 bits per heavy atom. The summed E-state index contributed by atoms with van der Waals surface area (Å²) in [6, 6.07) is 9.64. The third kappa shape index (κ3) is 8.20. The number of nitrogens with one attached hydrogen (secondary N) is 2. The minimum Gasteiger partial charge on any atom is -0.382 e. The molecule has 2 aromatic carbocycles. The van der Waals surface area contributed by atoms with Crippen molar-refractivity contribution >= 4 is 22.6 Å². The molecule has 3 aromatic heterocycles. The fourth-order valence-electron chi connectivity index (χ4n) is 5.92. The molecule has 6 rings (SSSR count). The number of nitrogens with zero attached hydrogens (tertiary/aromatic N) is 4. The molecule has 0 saturated heterocycles. The molecule has 0 fully saturated rings. The number of aromatic nitrogens is 5. The van der Waals surface area contributed by atoms with Crippen LogP contribution in [0.15, 0.2) is 48.5 Å². The van der Waals surface area contributed by atoms with E-state index in [1.54, 1.807) is 24.3 Å². The summed E-state index contributed by atoms with van der Waals surface area (Å²) < 4.78 is 99.8. The number of nitrogen functional groups attached to an aromatic ring is 1. The summed E-state index contributed by atoms with van der Waals surface area (Å²) in [6.07, 6.45) is -6.81.